The third-order valence-electron chi connectivity index (χ3n) is 2.95. The van der Waals surface area contributed by atoms with Crippen molar-refractivity contribution in [3.8, 4) is 0 Å². The molecule has 1 fully saturated rings. The predicted octanol–water partition coefficient (Wildman–Crippen LogP) is 2.63. The largest absolute Gasteiger partial charge is 0.381 e. The van der Waals surface area contributed by atoms with Crippen molar-refractivity contribution in [2.45, 2.75) is 45.6 Å². The van der Waals surface area contributed by atoms with Gasteiger partial charge < -0.3 is 14.2 Å². The minimum Gasteiger partial charge on any atom is -0.381 e. The third kappa shape index (κ3) is 5.28. The van der Waals surface area contributed by atoms with Crippen LogP contribution in [0.1, 0.15) is 39.5 Å². The van der Waals surface area contributed by atoms with Crippen LogP contribution < -0.4 is 0 Å². The summed E-state index contributed by atoms with van der Waals surface area (Å²) in [6, 6.07) is 0. The summed E-state index contributed by atoms with van der Waals surface area (Å²) in [5, 5.41) is 0. The maximum Gasteiger partial charge on any atom is 0.0880 e. The van der Waals surface area contributed by atoms with Gasteiger partial charge in [0.1, 0.15) is 0 Å². The number of rotatable bonds is 10. The van der Waals surface area contributed by atoms with Crippen LogP contribution in [0, 0.1) is 5.92 Å². The molecule has 0 spiro atoms. The fourth-order valence-electron chi connectivity index (χ4n) is 1.64. The highest BCUT2D eigenvalue weighted by molar-refractivity contribution is 4.78. The SMILES string of the molecule is CCCCOCC1COC1COCCCC. The molecule has 1 rings (SSSR count). The van der Waals surface area contributed by atoms with E-state index in [1.807, 2.05) is 0 Å². The Morgan fingerprint density at radius 3 is 2.12 bits per heavy atom. The van der Waals surface area contributed by atoms with Gasteiger partial charge in [-0.05, 0) is 12.8 Å². The van der Waals surface area contributed by atoms with Gasteiger partial charge in [0.25, 0.3) is 0 Å². The van der Waals surface area contributed by atoms with Crippen LogP contribution in [0.4, 0.5) is 0 Å². The maximum atomic E-state index is 5.60. The van der Waals surface area contributed by atoms with Gasteiger partial charge in [0.05, 0.1) is 25.9 Å². The first kappa shape index (κ1) is 13.9. The highest BCUT2D eigenvalue weighted by atomic mass is 16.6. The summed E-state index contributed by atoms with van der Waals surface area (Å²) in [6.45, 7) is 8.52. The van der Waals surface area contributed by atoms with Crippen LogP contribution in [0.15, 0.2) is 0 Å². The summed E-state index contributed by atoms with van der Waals surface area (Å²) in [4.78, 5) is 0. The lowest BCUT2D eigenvalue weighted by atomic mass is 10.00. The molecule has 3 heteroatoms. The van der Waals surface area contributed by atoms with Crippen molar-refractivity contribution in [2.24, 2.45) is 5.92 Å². The summed E-state index contributed by atoms with van der Waals surface area (Å²) >= 11 is 0. The molecular formula is C13H26O3. The lowest BCUT2D eigenvalue weighted by Gasteiger charge is -2.36. The summed E-state index contributed by atoms with van der Waals surface area (Å²) in [5.41, 5.74) is 0. The lowest BCUT2D eigenvalue weighted by Crippen LogP contribution is -2.45. The van der Waals surface area contributed by atoms with Gasteiger partial charge in [-0.2, -0.15) is 0 Å². The minimum atomic E-state index is 0.276. The van der Waals surface area contributed by atoms with Gasteiger partial charge in [-0.15, -0.1) is 0 Å². The van der Waals surface area contributed by atoms with E-state index in [4.69, 9.17) is 14.2 Å². The minimum absolute atomic E-state index is 0.276. The topological polar surface area (TPSA) is 27.7 Å². The second-order valence-electron chi connectivity index (χ2n) is 4.49. The van der Waals surface area contributed by atoms with Crippen molar-refractivity contribution in [3.05, 3.63) is 0 Å². The molecule has 0 aromatic carbocycles. The predicted molar refractivity (Wildman–Crippen MR) is 64.7 cm³/mol. The summed E-state index contributed by atoms with van der Waals surface area (Å²) in [6.07, 6.45) is 4.97. The van der Waals surface area contributed by atoms with E-state index < -0.39 is 0 Å². The molecule has 2 atom stereocenters. The standard InChI is InChI=1S/C13H26O3/c1-3-5-7-14-9-12-10-16-13(12)11-15-8-6-4-2/h12-13H,3-11H2,1-2H3. The Morgan fingerprint density at radius 2 is 1.62 bits per heavy atom. The fourth-order valence-corrected chi connectivity index (χ4v) is 1.64. The maximum absolute atomic E-state index is 5.60. The van der Waals surface area contributed by atoms with E-state index in [1.54, 1.807) is 0 Å². The van der Waals surface area contributed by atoms with Gasteiger partial charge in [-0.25, -0.2) is 0 Å². The van der Waals surface area contributed by atoms with E-state index in [0.29, 0.717) is 5.92 Å². The quantitative estimate of drug-likeness (QED) is 0.540. The van der Waals surface area contributed by atoms with Gasteiger partial charge >= 0.3 is 0 Å². The average molecular weight is 230 g/mol. The average Bonchev–Trinajstić information content (AvgIpc) is 2.27. The monoisotopic (exact) mass is 230 g/mol. The van der Waals surface area contributed by atoms with Crippen LogP contribution >= 0.6 is 0 Å². The summed E-state index contributed by atoms with van der Waals surface area (Å²) in [7, 11) is 0. The Labute approximate surface area is 99.5 Å². The normalized spacial score (nSPS) is 24.4. The summed E-state index contributed by atoms with van der Waals surface area (Å²) in [5.74, 6) is 0.554. The molecule has 0 saturated carbocycles. The van der Waals surface area contributed by atoms with Crippen LogP contribution in [0.3, 0.4) is 0 Å². The molecule has 0 N–H and O–H groups in total. The van der Waals surface area contributed by atoms with Crippen molar-refractivity contribution in [2.75, 3.05) is 33.0 Å². The molecule has 1 aliphatic heterocycles. The third-order valence-corrected chi connectivity index (χ3v) is 2.95. The zero-order valence-electron chi connectivity index (χ0n) is 10.7. The Bertz CT molecular complexity index is 143. The second-order valence-corrected chi connectivity index (χ2v) is 4.49. The second kappa shape index (κ2) is 8.97. The molecule has 1 aliphatic rings. The Morgan fingerprint density at radius 1 is 1.00 bits per heavy atom. The van der Waals surface area contributed by atoms with E-state index in [0.717, 1.165) is 45.9 Å². The zero-order valence-corrected chi connectivity index (χ0v) is 10.7. The first-order valence-electron chi connectivity index (χ1n) is 6.65. The Kier molecular flexibility index (Phi) is 7.81. The Hall–Kier alpha value is -0.120. The number of hydrogen-bond donors (Lipinski definition) is 0. The number of unbranched alkanes of at least 4 members (excludes halogenated alkanes) is 2. The van der Waals surface area contributed by atoms with Gasteiger partial charge in [0.2, 0.25) is 0 Å². The van der Waals surface area contributed by atoms with E-state index in [-0.39, 0.29) is 6.10 Å². The summed E-state index contributed by atoms with van der Waals surface area (Å²) < 4.78 is 16.6. The fraction of sp³-hybridized carbons (Fsp3) is 1.00. The molecule has 1 heterocycles. The van der Waals surface area contributed by atoms with Crippen molar-refractivity contribution < 1.29 is 14.2 Å². The molecule has 3 nitrogen and oxygen atoms in total. The molecule has 0 radical (unpaired) electrons. The molecule has 1 saturated heterocycles. The first-order chi connectivity index (χ1) is 7.88. The smallest absolute Gasteiger partial charge is 0.0880 e. The molecule has 16 heavy (non-hydrogen) atoms. The van der Waals surface area contributed by atoms with Crippen molar-refractivity contribution in [1.82, 2.24) is 0 Å². The van der Waals surface area contributed by atoms with Crippen LogP contribution in [0.2, 0.25) is 0 Å². The van der Waals surface area contributed by atoms with E-state index >= 15 is 0 Å². The molecule has 0 aromatic heterocycles. The van der Waals surface area contributed by atoms with Gasteiger partial charge in [-0.3, -0.25) is 0 Å². The van der Waals surface area contributed by atoms with Gasteiger partial charge in [0, 0.05) is 19.1 Å². The van der Waals surface area contributed by atoms with Crippen molar-refractivity contribution in [3.63, 3.8) is 0 Å². The van der Waals surface area contributed by atoms with E-state index in [1.165, 1.54) is 12.8 Å². The molecule has 96 valence electrons. The highest BCUT2D eigenvalue weighted by Gasteiger charge is 2.32. The van der Waals surface area contributed by atoms with Gasteiger partial charge in [0.15, 0.2) is 0 Å². The zero-order chi connectivity index (χ0) is 11.6. The molecule has 0 amide bonds. The van der Waals surface area contributed by atoms with Gasteiger partial charge in [-0.1, -0.05) is 26.7 Å². The molecule has 0 aliphatic carbocycles. The lowest BCUT2D eigenvalue weighted by molar-refractivity contribution is -0.165. The van der Waals surface area contributed by atoms with Crippen molar-refractivity contribution in [1.29, 1.82) is 0 Å². The highest BCUT2D eigenvalue weighted by Crippen LogP contribution is 2.21. The van der Waals surface area contributed by atoms with Crippen LogP contribution in [0.25, 0.3) is 0 Å². The van der Waals surface area contributed by atoms with Crippen LogP contribution in [0.5, 0.6) is 0 Å². The first-order valence-corrected chi connectivity index (χ1v) is 6.65. The number of ether oxygens (including phenoxy) is 3. The van der Waals surface area contributed by atoms with Crippen LogP contribution in [-0.4, -0.2) is 39.1 Å². The molecular weight excluding hydrogens is 204 g/mol. The molecule has 0 bridgehead atoms. The number of hydrogen-bond acceptors (Lipinski definition) is 3. The van der Waals surface area contributed by atoms with Crippen LogP contribution in [-0.2, 0) is 14.2 Å². The van der Waals surface area contributed by atoms with E-state index in [9.17, 15) is 0 Å². The molecule has 2 unspecified atom stereocenters. The Balaban J connectivity index is 1.93. The van der Waals surface area contributed by atoms with Crippen molar-refractivity contribution >= 4 is 0 Å². The molecule has 0 aromatic rings. The van der Waals surface area contributed by atoms with E-state index in [2.05, 4.69) is 13.8 Å².